The molecule has 0 aliphatic carbocycles. The normalized spacial score (nSPS) is 21.8. The van der Waals surface area contributed by atoms with E-state index in [9.17, 15) is 0 Å². The van der Waals surface area contributed by atoms with Crippen LogP contribution in [0.3, 0.4) is 0 Å². The summed E-state index contributed by atoms with van der Waals surface area (Å²) >= 11 is 3.53. The highest BCUT2D eigenvalue weighted by Gasteiger charge is 2.26. The van der Waals surface area contributed by atoms with Crippen molar-refractivity contribution in [1.82, 2.24) is 20.4 Å². The average Bonchev–Trinajstić information content (AvgIpc) is 2.43. The number of halogens is 1. The van der Waals surface area contributed by atoms with Gasteiger partial charge in [-0.15, -0.1) is 0 Å². The number of fused-ring (bicyclic) bond motifs is 1. The lowest BCUT2D eigenvalue weighted by Gasteiger charge is -2.29. The molecule has 3 heterocycles. The highest BCUT2D eigenvalue weighted by molar-refractivity contribution is 9.10. The van der Waals surface area contributed by atoms with Crippen molar-refractivity contribution in [3.8, 4) is 0 Å². The Morgan fingerprint density at radius 1 is 1.36 bits per heavy atom. The molecule has 0 amide bonds. The fraction of sp³-hybridized carbons (Fsp3) is 0.667. The first-order chi connectivity index (χ1) is 6.86. The van der Waals surface area contributed by atoms with Crippen LogP contribution in [0.2, 0.25) is 0 Å². The number of nitrogens with zero attached hydrogens (tertiary/aromatic N) is 2. The number of rotatable bonds is 1. The predicted molar refractivity (Wildman–Crippen MR) is 57.2 cm³/mol. The van der Waals surface area contributed by atoms with Crippen LogP contribution in [0.25, 0.3) is 0 Å². The molecular formula is C9H13BrN4. The molecule has 0 aromatic carbocycles. The van der Waals surface area contributed by atoms with Crippen LogP contribution in [0.5, 0.6) is 0 Å². The van der Waals surface area contributed by atoms with Gasteiger partial charge >= 0.3 is 0 Å². The van der Waals surface area contributed by atoms with Gasteiger partial charge in [0.05, 0.1) is 6.04 Å². The second kappa shape index (κ2) is 3.32. The molecule has 3 rings (SSSR count). The zero-order chi connectivity index (χ0) is 9.54. The molecule has 76 valence electrons. The van der Waals surface area contributed by atoms with E-state index in [0.29, 0.717) is 6.04 Å². The van der Waals surface area contributed by atoms with E-state index in [-0.39, 0.29) is 0 Å². The van der Waals surface area contributed by atoms with Crippen LogP contribution in [0.4, 0.5) is 0 Å². The van der Waals surface area contributed by atoms with E-state index in [1.807, 2.05) is 0 Å². The molecule has 5 heteroatoms. The largest absolute Gasteiger partial charge is 0.312 e. The average molecular weight is 257 g/mol. The smallest absolute Gasteiger partial charge is 0.132 e. The van der Waals surface area contributed by atoms with Crippen molar-refractivity contribution < 1.29 is 0 Å². The monoisotopic (exact) mass is 256 g/mol. The maximum absolute atomic E-state index is 4.57. The van der Waals surface area contributed by atoms with Crippen LogP contribution in [0, 0.1) is 0 Å². The molecule has 2 aliphatic heterocycles. The zero-order valence-electron chi connectivity index (χ0n) is 7.89. The fourth-order valence-corrected chi connectivity index (χ4v) is 2.62. The molecule has 1 aromatic rings. The van der Waals surface area contributed by atoms with Crippen molar-refractivity contribution in [3.63, 3.8) is 0 Å². The van der Waals surface area contributed by atoms with E-state index < -0.39 is 0 Å². The molecule has 1 saturated heterocycles. The first-order valence-corrected chi connectivity index (χ1v) is 5.83. The Morgan fingerprint density at radius 2 is 2.21 bits per heavy atom. The summed E-state index contributed by atoms with van der Waals surface area (Å²) in [5.41, 5.74) is 2.77. The third kappa shape index (κ3) is 1.23. The quantitative estimate of drug-likeness (QED) is 0.767. The van der Waals surface area contributed by atoms with E-state index >= 15 is 0 Å². The summed E-state index contributed by atoms with van der Waals surface area (Å²) in [7, 11) is 0. The maximum atomic E-state index is 4.57. The summed E-state index contributed by atoms with van der Waals surface area (Å²) in [6.07, 6.45) is 1.10. The van der Waals surface area contributed by atoms with Crippen molar-refractivity contribution in [2.75, 3.05) is 19.6 Å². The Kier molecular flexibility index (Phi) is 2.11. The molecule has 2 N–H and O–H groups in total. The minimum atomic E-state index is 0.577. The lowest BCUT2D eigenvalue weighted by Crippen LogP contribution is -2.44. The third-order valence-electron chi connectivity index (χ3n) is 3.02. The summed E-state index contributed by atoms with van der Waals surface area (Å²) in [6.45, 7) is 4.16. The SMILES string of the molecule is Brc1nn(C2CNC2)c2c1CNCC2. The van der Waals surface area contributed by atoms with Crippen LogP contribution in [-0.2, 0) is 13.0 Å². The van der Waals surface area contributed by atoms with Crippen LogP contribution in [0.15, 0.2) is 4.60 Å². The maximum Gasteiger partial charge on any atom is 0.132 e. The molecule has 4 nitrogen and oxygen atoms in total. The van der Waals surface area contributed by atoms with Gasteiger partial charge in [0, 0.05) is 43.9 Å². The molecule has 0 radical (unpaired) electrons. The molecule has 0 unspecified atom stereocenters. The molecule has 0 bridgehead atoms. The topological polar surface area (TPSA) is 41.9 Å². The van der Waals surface area contributed by atoms with E-state index in [1.54, 1.807) is 0 Å². The Bertz CT molecular complexity index is 356. The van der Waals surface area contributed by atoms with E-state index in [0.717, 1.165) is 37.2 Å². The molecule has 0 atom stereocenters. The molecule has 2 aliphatic rings. The summed E-state index contributed by atoms with van der Waals surface area (Å²) in [5.74, 6) is 0. The van der Waals surface area contributed by atoms with Gasteiger partial charge in [-0.25, -0.2) is 0 Å². The molecule has 1 fully saturated rings. The lowest BCUT2D eigenvalue weighted by molar-refractivity contribution is 0.308. The van der Waals surface area contributed by atoms with Crippen LogP contribution in [0.1, 0.15) is 17.3 Å². The zero-order valence-corrected chi connectivity index (χ0v) is 9.47. The van der Waals surface area contributed by atoms with Gasteiger partial charge in [0.25, 0.3) is 0 Å². The van der Waals surface area contributed by atoms with Gasteiger partial charge in [0.1, 0.15) is 4.60 Å². The van der Waals surface area contributed by atoms with Crippen LogP contribution < -0.4 is 10.6 Å². The predicted octanol–water partition coefficient (Wildman–Crippen LogP) is 0.436. The minimum absolute atomic E-state index is 0.577. The highest BCUT2D eigenvalue weighted by atomic mass is 79.9. The summed E-state index contributed by atoms with van der Waals surface area (Å²) in [4.78, 5) is 0. The van der Waals surface area contributed by atoms with Crippen LogP contribution in [-0.4, -0.2) is 29.4 Å². The van der Waals surface area contributed by atoms with Gasteiger partial charge < -0.3 is 10.6 Å². The van der Waals surface area contributed by atoms with Crippen molar-refractivity contribution in [1.29, 1.82) is 0 Å². The molecular weight excluding hydrogens is 244 g/mol. The first-order valence-electron chi connectivity index (χ1n) is 5.03. The second-order valence-electron chi connectivity index (χ2n) is 3.90. The minimum Gasteiger partial charge on any atom is -0.312 e. The van der Waals surface area contributed by atoms with E-state index in [1.165, 1.54) is 11.3 Å². The van der Waals surface area contributed by atoms with Gasteiger partial charge in [0.15, 0.2) is 0 Å². The van der Waals surface area contributed by atoms with Crippen molar-refractivity contribution in [2.24, 2.45) is 0 Å². The summed E-state index contributed by atoms with van der Waals surface area (Å²) in [5, 5.41) is 11.2. The lowest BCUT2D eigenvalue weighted by atomic mass is 10.1. The summed E-state index contributed by atoms with van der Waals surface area (Å²) < 4.78 is 3.23. The number of hydrogen-bond acceptors (Lipinski definition) is 3. The molecule has 0 saturated carbocycles. The molecule has 1 aromatic heterocycles. The first kappa shape index (κ1) is 8.88. The van der Waals surface area contributed by atoms with Gasteiger partial charge in [0.2, 0.25) is 0 Å². The van der Waals surface area contributed by atoms with Gasteiger partial charge in [-0.05, 0) is 15.9 Å². The van der Waals surface area contributed by atoms with Crippen LogP contribution >= 0.6 is 15.9 Å². The number of hydrogen-bond donors (Lipinski definition) is 2. The van der Waals surface area contributed by atoms with Gasteiger partial charge in [-0.2, -0.15) is 5.10 Å². The highest BCUT2D eigenvalue weighted by Crippen LogP contribution is 2.26. The fourth-order valence-electron chi connectivity index (χ4n) is 2.08. The van der Waals surface area contributed by atoms with Gasteiger partial charge in [-0.3, -0.25) is 4.68 Å². The van der Waals surface area contributed by atoms with Crippen molar-refractivity contribution in [2.45, 2.75) is 19.0 Å². The summed E-state index contributed by atoms with van der Waals surface area (Å²) in [6, 6.07) is 0.577. The van der Waals surface area contributed by atoms with E-state index in [2.05, 4.69) is 36.3 Å². The van der Waals surface area contributed by atoms with Gasteiger partial charge in [-0.1, -0.05) is 0 Å². The Morgan fingerprint density at radius 3 is 2.93 bits per heavy atom. The van der Waals surface area contributed by atoms with Crippen molar-refractivity contribution >= 4 is 15.9 Å². The third-order valence-corrected chi connectivity index (χ3v) is 3.65. The molecule has 14 heavy (non-hydrogen) atoms. The number of nitrogens with one attached hydrogen (secondary N) is 2. The Hall–Kier alpha value is -0.390. The standard InChI is InChI=1S/C9H13BrN4/c10-9-7-5-11-2-1-8(7)14(13-9)6-3-12-4-6/h6,11-12H,1-5H2. The Labute approximate surface area is 91.2 Å². The Balaban J connectivity index is 2.02. The van der Waals surface area contributed by atoms with Crippen molar-refractivity contribution in [3.05, 3.63) is 15.9 Å². The molecule has 0 spiro atoms. The second-order valence-corrected chi connectivity index (χ2v) is 4.65. The van der Waals surface area contributed by atoms with E-state index in [4.69, 9.17) is 0 Å². The number of aromatic nitrogens is 2.